The third-order valence-corrected chi connectivity index (χ3v) is 7.10. The van der Waals surface area contributed by atoms with Crippen LogP contribution in [0.4, 0.5) is 5.82 Å². The molecule has 0 saturated carbocycles. The molecular formula is C28H32N6O. The van der Waals surface area contributed by atoms with Crippen LogP contribution in [-0.2, 0) is 4.79 Å². The SMILES string of the molecule is Cc1nnc(N2CCC(C(=O)NC[C@@H](C)c3ccccc3)CC2)c2nn(-c3ccccc3)c(C)c12. The number of carbonyl (C=O) groups is 1. The van der Waals surface area contributed by atoms with Gasteiger partial charge in [-0.3, -0.25) is 4.79 Å². The lowest BCUT2D eigenvalue weighted by Gasteiger charge is -2.32. The van der Waals surface area contributed by atoms with Crippen molar-refractivity contribution in [3.8, 4) is 5.69 Å². The van der Waals surface area contributed by atoms with E-state index in [1.807, 2.05) is 48.0 Å². The summed E-state index contributed by atoms with van der Waals surface area (Å²) in [5.41, 5.74) is 5.08. The van der Waals surface area contributed by atoms with Gasteiger partial charge >= 0.3 is 0 Å². The first-order chi connectivity index (χ1) is 17.0. The molecule has 7 heteroatoms. The monoisotopic (exact) mass is 468 g/mol. The summed E-state index contributed by atoms with van der Waals surface area (Å²) in [5.74, 6) is 1.27. The number of nitrogens with zero attached hydrogens (tertiary/aromatic N) is 5. The van der Waals surface area contributed by atoms with Crippen molar-refractivity contribution in [2.75, 3.05) is 24.5 Å². The Morgan fingerprint density at radius 2 is 1.66 bits per heavy atom. The van der Waals surface area contributed by atoms with Gasteiger partial charge in [0.25, 0.3) is 0 Å². The summed E-state index contributed by atoms with van der Waals surface area (Å²) in [4.78, 5) is 15.1. The smallest absolute Gasteiger partial charge is 0.223 e. The average molecular weight is 469 g/mol. The summed E-state index contributed by atoms with van der Waals surface area (Å²) < 4.78 is 1.97. The maximum atomic E-state index is 12.9. The zero-order valence-electron chi connectivity index (χ0n) is 20.6. The van der Waals surface area contributed by atoms with Crippen LogP contribution in [0.2, 0.25) is 0 Å². The van der Waals surface area contributed by atoms with Crippen LogP contribution in [0.25, 0.3) is 16.6 Å². The Labute approximate surface area is 206 Å². The molecule has 0 radical (unpaired) electrons. The maximum Gasteiger partial charge on any atom is 0.223 e. The van der Waals surface area contributed by atoms with E-state index in [1.54, 1.807) is 0 Å². The number of hydrogen-bond donors (Lipinski definition) is 1. The number of anilines is 1. The average Bonchev–Trinajstić information content (AvgIpc) is 3.26. The molecule has 1 aliphatic rings. The van der Waals surface area contributed by atoms with Gasteiger partial charge in [-0.1, -0.05) is 55.5 Å². The highest BCUT2D eigenvalue weighted by atomic mass is 16.1. The highest BCUT2D eigenvalue weighted by Crippen LogP contribution is 2.31. The highest BCUT2D eigenvalue weighted by Gasteiger charge is 2.28. The summed E-state index contributed by atoms with van der Waals surface area (Å²) in [6.07, 6.45) is 1.59. The van der Waals surface area contributed by atoms with Gasteiger partial charge in [-0.15, -0.1) is 5.10 Å². The summed E-state index contributed by atoms with van der Waals surface area (Å²) in [6, 6.07) is 20.5. The molecule has 0 unspecified atom stereocenters. The normalized spacial score (nSPS) is 15.3. The number of fused-ring (bicyclic) bond motifs is 1. The molecule has 4 aromatic rings. The molecule has 2 aromatic heterocycles. The van der Waals surface area contributed by atoms with E-state index in [0.717, 1.165) is 59.7 Å². The van der Waals surface area contributed by atoms with Crippen LogP contribution in [0.1, 0.15) is 42.6 Å². The molecule has 0 aliphatic carbocycles. The number of benzene rings is 2. The minimum atomic E-state index is 0.0201. The molecule has 1 saturated heterocycles. The number of carbonyl (C=O) groups excluding carboxylic acids is 1. The zero-order valence-corrected chi connectivity index (χ0v) is 20.6. The molecule has 1 amide bonds. The van der Waals surface area contributed by atoms with E-state index in [2.05, 4.69) is 58.5 Å². The molecule has 3 heterocycles. The van der Waals surface area contributed by atoms with Crippen molar-refractivity contribution in [2.45, 2.75) is 39.5 Å². The van der Waals surface area contributed by atoms with E-state index < -0.39 is 0 Å². The molecule has 0 spiro atoms. The van der Waals surface area contributed by atoms with Crippen molar-refractivity contribution in [1.29, 1.82) is 0 Å². The van der Waals surface area contributed by atoms with Crippen LogP contribution in [0.5, 0.6) is 0 Å². The molecule has 1 aliphatic heterocycles. The van der Waals surface area contributed by atoms with E-state index in [9.17, 15) is 4.79 Å². The van der Waals surface area contributed by atoms with Crippen molar-refractivity contribution in [3.05, 3.63) is 77.6 Å². The third-order valence-electron chi connectivity index (χ3n) is 7.10. The van der Waals surface area contributed by atoms with Crippen molar-refractivity contribution in [3.63, 3.8) is 0 Å². The number of hydrogen-bond acceptors (Lipinski definition) is 5. The minimum absolute atomic E-state index is 0.0201. The molecular weight excluding hydrogens is 436 g/mol. The fourth-order valence-electron chi connectivity index (χ4n) is 5.00. The number of rotatable bonds is 6. The topological polar surface area (TPSA) is 75.9 Å². The lowest BCUT2D eigenvalue weighted by atomic mass is 9.95. The molecule has 0 bridgehead atoms. The fraction of sp³-hybridized carbons (Fsp3) is 0.357. The van der Waals surface area contributed by atoms with E-state index in [-0.39, 0.29) is 11.8 Å². The van der Waals surface area contributed by atoms with Gasteiger partial charge in [-0.2, -0.15) is 10.2 Å². The number of para-hydroxylation sites is 1. The van der Waals surface area contributed by atoms with Gasteiger partial charge in [-0.25, -0.2) is 4.68 Å². The largest absolute Gasteiger partial charge is 0.355 e. The molecule has 2 aromatic carbocycles. The van der Waals surface area contributed by atoms with E-state index in [1.165, 1.54) is 5.56 Å². The Morgan fingerprint density at radius 3 is 2.34 bits per heavy atom. The maximum absolute atomic E-state index is 12.9. The fourth-order valence-corrected chi connectivity index (χ4v) is 5.00. The Kier molecular flexibility index (Phi) is 6.49. The van der Waals surface area contributed by atoms with E-state index in [4.69, 9.17) is 5.10 Å². The Bertz CT molecular complexity index is 1310. The number of aromatic nitrogens is 4. The summed E-state index contributed by atoms with van der Waals surface area (Å²) >= 11 is 0. The van der Waals surface area contributed by atoms with Crippen LogP contribution in [0, 0.1) is 19.8 Å². The van der Waals surface area contributed by atoms with Gasteiger partial charge in [-0.05, 0) is 50.3 Å². The first-order valence-corrected chi connectivity index (χ1v) is 12.4. The van der Waals surface area contributed by atoms with Crippen molar-refractivity contribution >= 4 is 22.6 Å². The van der Waals surface area contributed by atoms with Gasteiger partial charge in [0.15, 0.2) is 5.82 Å². The minimum Gasteiger partial charge on any atom is -0.355 e. The van der Waals surface area contributed by atoms with Crippen molar-refractivity contribution < 1.29 is 4.79 Å². The van der Waals surface area contributed by atoms with Gasteiger partial charge in [0.2, 0.25) is 5.91 Å². The molecule has 1 fully saturated rings. The van der Waals surface area contributed by atoms with Gasteiger partial charge in [0.1, 0.15) is 5.52 Å². The molecule has 35 heavy (non-hydrogen) atoms. The van der Waals surface area contributed by atoms with Gasteiger partial charge < -0.3 is 10.2 Å². The quantitative estimate of drug-likeness (QED) is 0.449. The van der Waals surface area contributed by atoms with E-state index in [0.29, 0.717) is 12.5 Å². The second-order valence-electron chi connectivity index (χ2n) is 9.48. The predicted octanol–water partition coefficient (Wildman–Crippen LogP) is 4.57. The Balaban J connectivity index is 1.28. The molecule has 5 rings (SSSR count). The van der Waals surface area contributed by atoms with Gasteiger partial charge in [0.05, 0.1) is 22.5 Å². The molecule has 1 N–H and O–H groups in total. The number of nitrogens with one attached hydrogen (secondary N) is 1. The summed E-state index contributed by atoms with van der Waals surface area (Å²) in [7, 11) is 0. The van der Waals surface area contributed by atoms with Crippen molar-refractivity contribution in [1.82, 2.24) is 25.3 Å². The number of aryl methyl sites for hydroxylation is 2. The zero-order chi connectivity index (χ0) is 24.4. The lowest BCUT2D eigenvalue weighted by Crippen LogP contribution is -2.41. The third kappa shape index (κ3) is 4.63. The van der Waals surface area contributed by atoms with Crippen LogP contribution in [-0.4, -0.2) is 45.5 Å². The van der Waals surface area contributed by atoms with Crippen LogP contribution < -0.4 is 10.2 Å². The summed E-state index contributed by atoms with van der Waals surface area (Å²) in [6.45, 7) is 8.39. The summed E-state index contributed by atoms with van der Waals surface area (Å²) in [5, 5.41) is 18.2. The van der Waals surface area contributed by atoms with E-state index >= 15 is 0 Å². The predicted molar refractivity (Wildman–Crippen MR) is 139 cm³/mol. The number of piperidine rings is 1. The van der Waals surface area contributed by atoms with Crippen LogP contribution in [0.15, 0.2) is 60.7 Å². The first kappa shape index (κ1) is 23.0. The first-order valence-electron chi connectivity index (χ1n) is 12.4. The van der Waals surface area contributed by atoms with Gasteiger partial charge in [0, 0.05) is 25.6 Å². The Morgan fingerprint density at radius 1 is 1.00 bits per heavy atom. The Hall–Kier alpha value is -3.74. The molecule has 180 valence electrons. The van der Waals surface area contributed by atoms with Crippen LogP contribution >= 0.6 is 0 Å². The molecule has 1 atom stereocenters. The van der Waals surface area contributed by atoms with Crippen molar-refractivity contribution in [2.24, 2.45) is 5.92 Å². The highest BCUT2D eigenvalue weighted by molar-refractivity contribution is 5.92. The standard InChI is InChI=1S/C28H32N6O/c1-19(22-10-6-4-7-11-22)18-29-28(35)23-14-16-33(17-15-23)27-26-25(20(2)30-31-27)21(3)34(32-26)24-12-8-5-9-13-24/h4-13,19,23H,14-18H2,1-3H3,(H,29,35)/t19-/m1/s1. The number of amides is 1. The second kappa shape index (κ2) is 9.86. The lowest BCUT2D eigenvalue weighted by molar-refractivity contribution is -0.125. The van der Waals surface area contributed by atoms with Crippen LogP contribution in [0.3, 0.4) is 0 Å². The molecule has 7 nitrogen and oxygen atoms in total. The second-order valence-corrected chi connectivity index (χ2v) is 9.48.